The molecule has 1 aliphatic rings. The molecule has 1 heterocycles. The Kier molecular flexibility index (Phi) is 4.63. The second kappa shape index (κ2) is 6.23. The largest absolute Gasteiger partial charge is 0.395 e. The molecule has 0 spiro atoms. The lowest BCUT2D eigenvalue weighted by molar-refractivity contribution is 0.100. The van der Waals surface area contributed by atoms with Crippen LogP contribution in [0, 0.1) is 0 Å². The van der Waals surface area contributed by atoms with Gasteiger partial charge in [0.1, 0.15) is 0 Å². The number of piperazine rings is 1. The number of benzene rings is 1. The molecule has 1 aromatic carbocycles. The topological polar surface area (TPSA) is 69.8 Å². The number of hydrogen-bond acceptors (Lipinski definition) is 4. The summed E-state index contributed by atoms with van der Waals surface area (Å²) in [5, 5.41) is 9.46. The molecule has 104 valence electrons. The lowest BCUT2D eigenvalue weighted by Gasteiger charge is -2.36. The third-order valence-electron chi connectivity index (χ3n) is 3.36. The summed E-state index contributed by atoms with van der Waals surface area (Å²) in [7, 11) is 0. The molecule has 0 aromatic heterocycles. The van der Waals surface area contributed by atoms with Gasteiger partial charge in [0.15, 0.2) is 0 Å². The first-order valence-electron chi connectivity index (χ1n) is 6.29. The number of nitrogens with two attached hydrogens (primary N) is 1. The van der Waals surface area contributed by atoms with E-state index in [0.717, 1.165) is 31.9 Å². The van der Waals surface area contributed by atoms with Crippen LogP contribution >= 0.6 is 11.6 Å². The maximum Gasteiger partial charge on any atom is 0.248 e. The van der Waals surface area contributed by atoms with Gasteiger partial charge in [-0.15, -0.1) is 0 Å². The quantitative estimate of drug-likeness (QED) is 0.847. The van der Waals surface area contributed by atoms with Crippen molar-refractivity contribution in [1.82, 2.24) is 4.90 Å². The number of β-amino-alcohol motifs (C(OH)–C–C–N with tert-alkyl or cyclic N) is 1. The van der Waals surface area contributed by atoms with Crippen LogP contribution in [0.3, 0.4) is 0 Å². The van der Waals surface area contributed by atoms with Gasteiger partial charge >= 0.3 is 0 Å². The van der Waals surface area contributed by atoms with Gasteiger partial charge in [-0.2, -0.15) is 0 Å². The minimum Gasteiger partial charge on any atom is -0.395 e. The van der Waals surface area contributed by atoms with Gasteiger partial charge in [-0.3, -0.25) is 9.69 Å². The van der Waals surface area contributed by atoms with Gasteiger partial charge in [-0.05, 0) is 18.2 Å². The van der Waals surface area contributed by atoms with Crippen LogP contribution in [0.25, 0.3) is 0 Å². The average Bonchev–Trinajstić information content (AvgIpc) is 2.40. The predicted molar refractivity (Wildman–Crippen MR) is 75.7 cm³/mol. The predicted octanol–water partition coefficient (Wildman–Crippen LogP) is 0.553. The summed E-state index contributed by atoms with van der Waals surface area (Å²) in [4.78, 5) is 15.5. The van der Waals surface area contributed by atoms with E-state index in [1.54, 1.807) is 12.1 Å². The number of halogens is 1. The van der Waals surface area contributed by atoms with Crippen molar-refractivity contribution in [3.63, 3.8) is 0 Å². The van der Waals surface area contributed by atoms with Gasteiger partial charge < -0.3 is 15.7 Å². The second-order valence-corrected chi connectivity index (χ2v) is 4.99. The van der Waals surface area contributed by atoms with Crippen LogP contribution in [-0.4, -0.2) is 55.2 Å². The molecule has 5 nitrogen and oxygen atoms in total. The molecular weight excluding hydrogens is 266 g/mol. The Bertz CT molecular complexity index is 459. The minimum atomic E-state index is -0.471. The Hall–Kier alpha value is -1.30. The third kappa shape index (κ3) is 3.37. The highest BCUT2D eigenvalue weighted by Gasteiger charge is 2.18. The van der Waals surface area contributed by atoms with E-state index < -0.39 is 5.91 Å². The van der Waals surface area contributed by atoms with Crippen molar-refractivity contribution in [2.45, 2.75) is 0 Å². The highest BCUT2D eigenvalue weighted by molar-refractivity contribution is 6.33. The van der Waals surface area contributed by atoms with E-state index in [4.69, 9.17) is 22.4 Å². The standard InChI is InChI=1S/C13H18ClN3O2/c14-11-9-10(13(15)19)1-2-12(11)17-5-3-16(4-6-17)7-8-18/h1-2,9,18H,3-8H2,(H2,15,19). The number of nitrogens with zero attached hydrogens (tertiary/aromatic N) is 2. The average molecular weight is 284 g/mol. The fourth-order valence-corrected chi connectivity index (χ4v) is 2.57. The lowest BCUT2D eigenvalue weighted by Crippen LogP contribution is -2.47. The van der Waals surface area contributed by atoms with E-state index in [9.17, 15) is 4.79 Å². The molecule has 1 aliphatic heterocycles. The van der Waals surface area contributed by atoms with Crippen LogP contribution in [0.4, 0.5) is 5.69 Å². The summed E-state index contributed by atoms with van der Waals surface area (Å²) in [5.41, 5.74) is 6.57. The van der Waals surface area contributed by atoms with Crippen LogP contribution in [0.15, 0.2) is 18.2 Å². The van der Waals surface area contributed by atoms with Gasteiger partial charge in [-0.1, -0.05) is 11.6 Å². The fourth-order valence-electron chi connectivity index (χ4n) is 2.27. The number of amides is 1. The summed E-state index contributed by atoms with van der Waals surface area (Å²) in [6.07, 6.45) is 0. The van der Waals surface area contributed by atoms with Crippen molar-refractivity contribution in [3.05, 3.63) is 28.8 Å². The first kappa shape index (κ1) is 14.1. The number of aliphatic hydroxyl groups is 1. The maximum atomic E-state index is 11.1. The third-order valence-corrected chi connectivity index (χ3v) is 3.66. The Balaban J connectivity index is 2.05. The number of primary amides is 1. The molecule has 6 heteroatoms. The molecule has 0 radical (unpaired) electrons. The van der Waals surface area contributed by atoms with E-state index >= 15 is 0 Å². The van der Waals surface area contributed by atoms with E-state index in [0.29, 0.717) is 17.1 Å². The van der Waals surface area contributed by atoms with Crippen molar-refractivity contribution in [1.29, 1.82) is 0 Å². The molecular formula is C13H18ClN3O2. The van der Waals surface area contributed by atoms with Gasteiger partial charge in [0.2, 0.25) is 5.91 Å². The van der Waals surface area contributed by atoms with Crippen LogP contribution < -0.4 is 10.6 Å². The second-order valence-electron chi connectivity index (χ2n) is 4.58. The number of anilines is 1. The number of hydrogen-bond donors (Lipinski definition) is 2. The molecule has 19 heavy (non-hydrogen) atoms. The van der Waals surface area contributed by atoms with E-state index in [1.165, 1.54) is 0 Å². The number of rotatable bonds is 4. The molecule has 1 aromatic rings. The summed E-state index contributed by atoms with van der Waals surface area (Å²) in [6.45, 7) is 4.41. The zero-order valence-corrected chi connectivity index (χ0v) is 11.4. The van der Waals surface area contributed by atoms with Crippen molar-refractivity contribution in [3.8, 4) is 0 Å². The van der Waals surface area contributed by atoms with Crippen LogP contribution in [0.5, 0.6) is 0 Å². The van der Waals surface area contributed by atoms with Crippen LogP contribution in [0.2, 0.25) is 5.02 Å². The summed E-state index contributed by atoms with van der Waals surface area (Å²) < 4.78 is 0. The van der Waals surface area contributed by atoms with E-state index in [-0.39, 0.29) is 6.61 Å². The van der Waals surface area contributed by atoms with Gasteiger partial charge in [0.25, 0.3) is 0 Å². The van der Waals surface area contributed by atoms with Crippen LogP contribution in [0.1, 0.15) is 10.4 Å². The molecule has 0 bridgehead atoms. The monoisotopic (exact) mass is 283 g/mol. The first-order chi connectivity index (χ1) is 9.11. The number of carbonyl (C=O) groups excluding carboxylic acids is 1. The SMILES string of the molecule is NC(=O)c1ccc(N2CCN(CCO)CC2)c(Cl)c1. The van der Waals surface area contributed by atoms with Gasteiger partial charge in [-0.25, -0.2) is 0 Å². The lowest BCUT2D eigenvalue weighted by atomic mass is 10.1. The van der Waals surface area contributed by atoms with Gasteiger partial charge in [0.05, 0.1) is 17.3 Å². The smallest absolute Gasteiger partial charge is 0.248 e. The molecule has 1 amide bonds. The van der Waals surface area contributed by atoms with E-state index in [2.05, 4.69) is 9.80 Å². The highest BCUT2D eigenvalue weighted by Crippen LogP contribution is 2.27. The Morgan fingerprint density at radius 1 is 1.32 bits per heavy atom. The fraction of sp³-hybridized carbons (Fsp3) is 0.462. The molecule has 1 fully saturated rings. The van der Waals surface area contributed by atoms with Crippen LogP contribution in [-0.2, 0) is 0 Å². The van der Waals surface area contributed by atoms with Crippen molar-refractivity contribution in [2.75, 3.05) is 44.2 Å². The Morgan fingerprint density at radius 3 is 2.53 bits per heavy atom. The number of aliphatic hydroxyl groups excluding tert-OH is 1. The zero-order chi connectivity index (χ0) is 13.8. The molecule has 0 atom stereocenters. The molecule has 0 saturated carbocycles. The Morgan fingerprint density at radius 2 is 2.00 bits per heavy atom. The van der Waals surface area contributed by atoms with Crippen molar-refractivity contribution in [2.24, 2.45) is 5.73 Å². The molecule has 3 N–H and O–H groups in total. The Labute approximate surface area is 117 Å². The van der Waals surface area contributed by atoms with Gasteiger partial charge in [0, 0.05) is 38.3 Å². The number of carbonyl (C=O) groups is 1. The normalized spacial score (nSPS) is 16.6. The van der Waals surface area contributed by atoms with E-state index in [1.807, 2.05) is 6.07 Å². The molecule has 1 saturated heterocycles. The zero-order valence-electron chi connectivity index (χ0n) is 10.7. The molecule has 2 rings (SSSR count). The van der Waals surface area contributed by atoms with Crippen molar-refractivity contribution >= 4 is 23.2 Å². The minimum absolute atomic E-state index is 0.189. The summed E-state index contributed by atoms with van der Waals surface area (Å²) in [5.74, 6) is -0.471. The first-order valence-corrected chi connectivity index (χ1v) is 6.67. The molecule has 0 aliphatic carbocycles. The van der Waals surface area contributed by atoms with Crippen molar-refractivity contribution < 1.29 is 9.90 Å². The highest BCUT2D eigenvalue weighted by atomic mass is 35.5. The summed E-state index contributed by atoms with van der Waals surface area (Å²) >= 11 is 6.20. The molecule has 0 unspecified atom stereocenters. The maximum absolute atomic E-state index is 11.1. The summed E-state index contributed by atoms with van der Waals surface area (Å²) in [6, 6.07) is 5.15.